The van der Waals surface area contributed by atoms with Crippen molar-refractivity contribution in [3.8, 4) is 5.75 Å². The fourth-order valence-electron chi connectivity index (χ4n) is 6.05. The number of imide groups is 3. The number of benzene rings is 1. The first-order chi connectivity index (χ1) is 21.4. The van der Waals surface area contributed by atoms with E-state index in [9.17, 15) is 29.7 Å². The van der Waals surface area contributed by atoms with Gasteiger partial charge in [0.1, 0.15) is 30.5 Å². The molecule has 0 bridgehead atoms. The van der Waals surface area contributed by atoms with Crippen LogP contribution in [0, 0.1) is 17.8 Å². The van der Waals surface area contributed by atoms with Crippen molar-refractivity contribution in [2.24, 2.45) is 17.8 Å². The number of aliphatic hydroxyl groups excluding tert-OH is 3. The first-order valence-electron chi connectivity index (χ1n) is 14.3. The smallest absolute Gasteiger partial charge is 0.423 e. The molecule has 1 aliphatic heterocycles. The number of pyridine rings is 1. The number of aliphatic hydroxyl groups is 3. The Hall–Kier alpha value is -4.58. The summed E-state index contributed by atoms with van der Waals surface area (Å²) >= 11 is 0. The van der Waals surface area contributed by atoms with Crippen LogP contribution < -0.4 is 4.74 Å². The van der Waals surface area contributed by atoms with Gasteiger partial charge in [-0.1, -0.05) is 24.3 Å². The molecule has 0 spiro atoms. The number of likely N-dealkylation sites (tertiary alicyclic amines) is 1. The molecule has 0 saturated carbocycles. The lowest BCUT2D eigenvalue weighted by atomic mass is 9.68. The molecule has 3 N–H and O–H groups in total. The summed E-state index contributed by atoms with van der Waals surface area (Å²) in [5, 5.41) is 31.7. The molecule has 3 aromatic rings. The summed E-state index contributed by atoms with van der Waals surface area (Å²) in [7, 11) is 1.08. The van der Waals surface area contributed by atoms with E-state index in [1.54, 1.807) is 42.6 Å². The zero-order valence-corrected chi connectivity index (χ0v) is 24.2. The lowest BCUT2D eigenvalue weighted by molar-refractivity contribution is -0.137. The van der Waals surface area contributed by atoms with E-state index in [4.69, 9.17) is 9.15 Å². The molecule has 2 aromatic heterocycles. The van der Waals surface area contributed by atoms with Crippen LogP contribution in [0.4, 0.5) is 4.79 Å². The summed E-state index contributed by atoms with van der Waals surface area (Å²) in [6.45, 7) is -0.766. The minimum Gasteiger partial charge on any atom is -0.489 e. The van der Waals surface area contributed by atoms with Crippen molar-refractivity contribution < 1.29 is 43.6 Å². The van der Waals surface area contributed by atoms with E-state index in [1.165, 1.54) is 0 Å². The van der Waals surface area contributed by atoms with Gasteiger partial charge in [0.2, 0.25) is 11.8 Å². The number of nitrogens with zero attached hydrogens (tertiary/aromatic N) is 2. The third-order valence-electron chi connectivity index (χ3n) is 8.09. The van der Waals surface area contributed by atoms with Crippen molar-refractivity contribution >= 4 is 29.6 Å². The SMILES string of the molecule is COC(=O)N1C(=O)[C@@H]2[C@@H](CC(COc3ccccc3)=C([C@H](O)CC/C(=C/c3ccc(CO)o3)c3ccccn3)[C@@H]2CO)C1=O. The van der Waals surface area contributed by atoms with Gasteiger partial charge >= 0.3 is 6.09 Å². The van der Waals surface area contributed by atoms with Crippen molar-refractivity contribution in [1.82, 2.24) is 9.88 Å². The predicted molar refractivity (Wildman–Crippen MR) is 157 cm³/mol. The molecule has 11 heteroatoms. The van der Waals surface area contributed by atoms with Crippen molar-refractivity contribution in [3.63, 3.8) is 0 Å². The van der Waals surface area contributed by atoms with E-state index in [-0.39, 0.29) is 26.1 Å². The van der Waals surface area contributed by atoms with E-state index >= 15 is 0 Å². The number of carbonyl (C=O) groups excluding carboxylic acids is 3. The van der Waals surface area contributed by atoms with Crippen LogP contribution in [0.2, 0.25) is 0 Å². The lowest BCUT2D eigenvalue weighted by Crippen LogP contribution is -2.40. The van der Waals surface area contributed by atoms with Crippen LogP contribution in [0.15, 0.2) is 82.4 Å². The van der Waals surface area contributed by atoms with Gasteiger partial charge in [0.05, 0.1) is 37.4 Å². The first kappa shape index (κ1) is 30.9. The van der Waals surface area contributed by atoms with Gasteiger partial charge in [-0.15, -0.1) is 0 Å². The van der Waals surface area contributed by atoms with E-state index in [0.29, 0.717) is 45.4 Å². The van der Waals surface area contributed by atoms with Gasteiger partial charge in [-0.05, 0) is 78.5 Å². The summed E-state index contributed by atoms with van der Waals surface area (Å²) in [4.78, 5) is 43.9. The largest absolute Gasteiger partial charge is 0.489 e. The highest BCUT2D eigenvalue weighted by Gasteiger charge is 2.57. The van der Waals surface area contributed by atoms with Gasteiger partial charge in [-0.25, -0.2) is 4.79 Å². The maximum Gasteiger partial charge on any atom is 0.423 e. The fourth-order valence-corrected chi connectivity index (χ4v) is 6.05. The average molecular weight is 603 g/mol. The maximum atomic E-state index is 13.4. The Kier molecular flexibility index (Phi) is 9.69. The lowest BCUT2D eigenvalue weighted by Gasteiger charge is -2.36. The molecule has 1 saturated heterocycles. The van der Waals surface area contributed by atoms with E-state index < -0.39 is 48.4 Å². The second kappa shape index (κ2) is 13.8. The van der Waals surface area contributed by atoms with Gasteiger partial charge in [0.15, 0.2) is 0 Å². The van der Waals surface area contributed by atoms with Gasteiger partial charge in [-0.2, -0.15) is 4.90 Å². The summed E-state index contributed by atoms with van der Waals surface area (Å²) in [5.41, 5.74) is 2.41. The van der Waals surface area contributed by atoms with Gasteiger partial charge < -0.3 is 29.2 Å². The molecule has 0 unspecified atom stereocenters. The molecular weight excluding hydrogens is 568 g/mol. The number of aromatic nitrogens is 1. The topological polar surface area (TPSA) is 160 Å². The number of para-hydroxylation sites is 1. The van der Waals surface area contributed by atoms with Crippen molar-refractivity contribution in [3.05, 3.63) is 95.2 Å². The number of rotatable bonds is 11. The highest BCUT2D eigenvalue weighted by molar-refractivity contribution is 6.16. The van der Waals surface area contributed by atoms with Gasteiger partial charge in [0, 0.05) is 12.1 Å². The monoisotopic (exact) mass is 602 g/mol. The second-order valence-corrected chi connectivity index (χ2v) is 10.7. The Bertz CT molecular complexity index is 1550. The normalized spacial score (nSPS) is 21.0. The average Bonchev–Trinajstić information content (AvgIpc) is 3.62. The van der Waals surface area contributed by atoms with Crippen LogP contribution in [0.25, 0.3) is 11.6 Å². The van der Waals surface area contributed by atoms with Crippen LogP contribution >= 0.6 is 0 Å². The number of ether oxygens (including phenoxy) is 2. The number of allylic oxidation sites excluding steroid dienone is 1. The number of amides is 3. The maximum absolute atomic E-state index is 13.4. The number of furan rings is 1. The summed E-state index contributed by atoms with van der Waals surface area (Å²) in [5.74, 6) is -2.85. The van der Waals surface area contributed by atoms with E-state index in [1.807, 2.05) is 30.3 Å². The molecule has 1 fully saturated rings. The Morgan fingerprint density at radius 3 is 2.52 bits per heavy atom. The Morgan fingerprint density at radius 1 is 1.09 bits per heavy atom. The summed E-state index contributed by atoms with van der Waals surface area (Å²) in [6.07, 6.45) is 1.81. The van der Waals surface area contributed by atoms with Gasteiger partial charge in [0.25, 0.3) is 0 Å². The van der Waals surface area contributed by atoms with Crippen molar-refractivity contribution in [2.45, 2.75) is 32.0 Å². The first-order valence-corrected chi connectivity index (χ1v) is 14.3. The Labute approximate surface area is 254 Å². The second-order valence-electron chi connectivity index (χ2n) is 10.7. The minimum atomic E-state index is -1.13. The number of hydrogen-bond donors (Lipinski definition) is 3. The number of carbonyl (C=O) groups is 3. The molecule has 3 heterocycles. The standard InChI is InChI=1S/C33H34N2O9/c1-42-33(41)35-31(39)25-16-21(19-43-22-7-3-2-4-8-22)29(26(18-37)30(25)32(35)40)28(38)13-10-20(27-9-5-6-14-34-27)15-23-11-12-24(17-36)44-23/h2-9,11-12,14-15,25-26,28,30,36-38H,10,13,16-19H2,1H3/b20-15-/t25-,26+,28-,30-/m1/s1. The highest BCUT2D eigenvalue weighted by Crippen LogP contribution is 2.46. The summed E-state index contributed by atoms with van der Waals surface area (Å²) < 4.78 is 16.3. The third-order valence-corrected chi connectivity index (χ3v) is 8.09. The molecular formula is C33H34N2O9. The van der Waals surface area contributed by atoms with Crippen LogP contribution in [-0.2, 0) is 20.9 Å². The molecule has 0 radical (unpaired) electrons. The highest BCUT2D eigenvalue weighted by atomic mass is 16.5. The zero-order valence-electron chi connectivity index (χ0n) is 24.2. The van der Waals surface area contributed by atoms with Crippen LogP contribution in [0.5, 0.6) is 5.75 Å². The molecule has 11 nitrogen and oxygen atoms in total. The van der Waals surface area contributed by atoms with Gasteiger partial charge in [-0.3, -0.25) is 14.6 Å². The van der Waals surface area contributed by atoms with Crippen molar-refractivity contribution in [2.75, 3.05) is 20.3 Å². The molecule has 1 aromatic carbocycles. The molecule has 2 aliphatic rings. The summed E-state index contributed by atoms with van der Waals surface area (Å²) in [6, 6.07) is 17.9. The molecule has 4 atom stereocenters. The Balaban J connectivity index is 1.47. The predicted octanol–water partition coefficient (Wildman–Crippen LogP) is 3.60. The molecule has 5 rings (SSSR count). The molecule has 1 aliphatic carbocycles. The minimum absolute atomic E-state index is 0.00902. The van der Waals surface area contributed by atoms with Crippen LogP contribution in [0.3, 0.4) is 0 Å². The van der Waals surface area contributed by atoms with Crippen molar-refractivity contribution in [1.29, 1.82) is 0 Å². The molecule has 230 valence electrons. The number of hydrogen-bond acceptors (Lipinski definition) is 10. The molecule has 3 amide bonds. The van der Waals surface area contributed by atoms with E-state index in [2.05, 4.69) is 9.72 Å². The fraction of sp³-hybridized carbons (Fsp3) is 0.333. The zero-order chi connectivity index (χ0) is 31.2. The third kappa shape index (κ3) is 6.35. The van der Waals surface area contributed by atoms with E-state index in [0.717, 1.165) is 12.7 Å². The number of methoxy groups -OCH3 is 1. The molecule has 44 heavy (non-hydrogen) atoms. The van der Waals surface area contributed by atoms with Crippen LogP contribution in [-0.4, -0.2) is 69.5 Å². The van der Waals surface area contributed by atoms with Crippen LogP contribution in [0.1, 0.15) is 36.5 Å². The quantitative estimate of drug-likeness (QED) is 0.219. The Morgan fingerprint density at radius 2 is 1.86 bits per heavy atom. The number of fused-ring (bicyclic) bond motifs is 1.